The van der Waals surface area contributed by atoms with Crippen molar-refractivity contribution in [2.45, 2.75) is 15.7 Å². The summed E-state index contributed by atoms with van der Waals surface area (Å²) in [6.45, 7) is 8.04. The van der Waals surface area contributed by atoms with Gasteiger partial charge in [0.25, 0.3) is 0 Å². The normalized spacial score (nSPS) is 19.4. The lowest BCUT2D eigenvalue weighted by Gasteiger charge is -2.21. The van der Waals surface area contributed by atoms with E-state index in [1.807, 2.05) is 0 Å². The molecule has 0 aromatic carbocycles. The molecule has 2 fully saturated rings. The first-order chi connectivity index (χ1) is 13.3. The zero-order valence-electron chi connectivity index (χ0n) is 15.9. The summed E-state index contributed by atoms with van der Waals surface area (Å²) in [5, 5.41) is 0. The molecule has 2 aliphatic heterocycles. The third-order valence-electron chi connectivity index (χ3n) is 3.11. The fraction of sp³-hybridized carbons (Fsp3) is 1.00. The Hall–Kier alpha value is 2.20. The van der Waals surface area contributed by atoms with E-state index in [2.05, 4.69) is 23.9 Å². The van der Waals surface area contributed by atoms with Gasteiger partial charge in [0.05, 0.1) is 26.4 Å². The van der Waals surface area contributed by atoms with Crippen LogP contribution in [0.2, 0.25) is 0 Å². The van der Waals surface area contributed by atoms with Gasteiger partial charge >= 0.3 is 15.7 Å². The Balaban J connectivity index is 0. The van der Waals surface area contributed by atoms with E-state index < -0.39 is 15.7 Å². The van der Waals surface area contributed by atoms with Crippen LogP contribution in [-0.2, 0) is 9.47 Å². The average Bonchev–Trinajstić information content (AvgIpc) is 2.54. The van der Waals surface area contributed by atoms with E-state index in [4.69, 9.17) is 9.47 Å². The van der Waals surface area contributed by atoms with Crippen LogP contribution in [-0.4, -0.2) is 92.2 Å². The topological polar surface area (TPSA) is 24.9 Å². The Labute approximate surface area is 225 Å². The number of ether oxygens (including phenoxy) is 2. The summed E-state index contributed by atoms with van der Waals surface area (Å²) >= 11 is 1.57. The van der Waals surface area contributed by atoms with Gasteiger partial charge in [0.1, 0.15) is 0 Å². The minimum atomic E-state index is -3.94. The van der Waals surface area contributed by atoms with Gasteiger partial charge in [-0.2, -0.15) is 35.1 Å². The van der Waals surface area contributed by atoms with Crippen molar-refractivity contribution in [1.82, 2.24) is 9.80 Å². The summed E-state index contributed by atoms with van der Waals surface area (Å²) < 4.78 is 86.1. The number of hydrogen-bond acceptors (Lipinski definition) is 4. The molecule has 0 radical (unpaired) electrons. The molecule has 0 aromatic rings. The van der Waals surface area contributed by atoms with Crippen molar-refractivity contribution in [3.63, 3.8) is 0 Å². The Bertz CT molecular complexity index is 370. The molecule has 4 nitrogen and oxygen atoms in total. The molecule has 2 rings (SSSR count). The Morgan fingerprint density at radius 3 is 0.733 bits per heavy atom. The Morgan fingerprint density at radius 1 is 0.500 bits per heavy atom. The van der Waals surface area contributed by atoms with Crippen molar-refractivity contribution >= 4 is 90.4 Å². The van der Waals surface area contributed by atoms with Crippen molar-refractivity contribution in [3.8, 4) is 0 Å². The first-order valence-corrected chi connectivity index (χ1v) is 12.4. The molecule has 0 amide bonds. The van der Waals surface area contributed by atoms with Gasteiger partial charge in [-0.15, -0.1) is 0 Å². The first-order valence-electron chi connectivity index (χ1n) is 8.08. The molecule has 0 saturated carbocycles. The van der Waals surface area contributed by atoms with Gasteiger partial charge in [-0.05, 0) is 14.1 Å². The molecule has 184 valence electrons. The Kier molecular flexibility index (Phi) is 18.3. The summed E-state index contributed by atoms with van der Waals surface area (Å²) in [6.07, 6.45) is 0. The lowest BCUT2D eigenvalue weighted by Crippen LogP contribution is -2.32. The van der Waals surface area contributed by atoms with E-state index in [-0.39, 0.29) is 0 Å². The lowest BCUT2D eigenvalue weighted by molar-refractivity contribution is -0.0561. The van der Waals surface area contributed by atoms with Crippen LogP contribution in [0, 0.1) is 0 Å². The van der Waals surface area contributed by atoms with E-state index in [1.165, 1.54) is 0 Å². The molecule has 0 unspecified atom stereocenters. The largest absolute Gasteiger partial charge is 0.379 e. The monoisotopic (exact) mass is 910 g/mol. The molecule has 30 heavy (non-hydrogen) atoms. The lowest BCUT2D eigenvalue weighted by atomic mass is 10.5. The van der Waals surface area contributed by atoms with Gasteiger partial charge in [-0.3, -0.25) is 0 Å². The van der Waals surface area contributed by atoms with Crippen molar-refractivity contribution < 1.29 is 44.6 Å². The van der Waals surface area contributed by atoms with E-state index in [0.29, 0.717) is 90.4 Å². The van der Waals surface area contributed by atoms with Crippen LogP contribution in [0.4, 0.5) is 35.1 Å². The third kappa shape index (κ3) is 19.6. The van der Waals surface area contributed by atoms with Gasteiger partial charge in [-0.1, -0.05) is 0 Å². The zero-order valence-corrected chi connectivity index (χ0v) is 24.5. The molecule has 0 aromatic heterocycles. The van der Waals surface area contributed by atoms with E-state index in [9.17, 15) is 35.1 Å². The van der Waals surface area contributed by atoms with Crippen LogP contribution in [0.3, 0.4) is 0 Å². The van der Waals surface area contributed by atoms with Gasteiger partial charge in [-0.25, -0.2) is 0 Å². The second kappa shape index (κ2) is 16.0. The highest BCUT2D eigenvalue weighted by atomic mass is 127. The highest BCUT2D eigenvalue weighted by Gasteiger charge is 2.52. The summed E-state index contributed by atoms with van der Waals surface area (Å²) in [4.78, 5) is 4.53. The van der Waals surface area contributed by atoms with Crippen molar-refractivity contribution in [3.05, 3.63) is 0 Å². The van der Waals surface area contributed by atoms with E-state index in [1.54, 1.807) is 0 Å². The van der Waals surface area contributed by atoms with Crippen LogP contribution in [0.25, 0.3) is 0 Å². The second-order valence-corrected chi connectivity index (χ2v) is 11.2. The van der Waals surface area contributed by atoms with Crippen LogP contribution in [0.15, 0.2) is 0 Å². The number of halogens is 12. The third-order valence-corrected chi connectivity index (χ3v) is 7.89. The highest BCUT2D eigenvalue weighted by Crippen LogP contribution is 2.45. The fourth-order valence-corrected chi connectivity index (χ4v) is 1.31. The summed E-state index contributed by atoms with van der Waals surface area (Å²) in [5.41, 5.74) is 0. The quantitative estimate of drug-likeness (QED) is 0.194. The summed E-state index contributed by atoms with van der Waals surface area (Å²) in [7, 11) is 4.23. The van der Waals surface area contributed by atoms with E-state index in [0.717, 1.165) is 52.6 Å². The number of nitrogens with zero attached hydrogens (tertiary/aromatic N) is 2. The van der Waals surface area contributed by atoms with Gasteiger partial charge in [0.2, 0.25) is 0 Å². The maximum atomic E-state index is 11.5. The smallest absolute Gasteiger partial charge is 0.367 e. The Morgan fingerprint density at radius 2 is 0.667 bits per heavy atom. The molecule has 0 aliphatic carbocycles. The van der Waals surface area contributed by atoms with Crippen LogP contribution < -0.4 is 0 Å². The van der Waals surface area contributed by atoms with Gasteiger partial charge in [0.15, 0.2) is 0 Å². The van der Waals surface area contributed by atoms with Crippen molar-refractivity contribution in [1.29, 1.82) is 0 Å². The molecule has 2 heterocycles. The summed E-state index contributed by atoms with van der Waals surface area (Å²) in [6, 6.07) is 0. The van der Waals surface area contributed by atoms with Crippen molar-refractivity contribution in [2.75, 3.05) is 66.7 Å². The molecule has 2 aliphatic rings. The van der Waals surface area contributed by atoms with Crippen molar-refractivity contribution in [2.24, 2.45) is 0 Å². The molecule has 0 bridgehead atoms. The standard InChI is InChI=1S/2C5H11NO.2C2F4I2/c2*1-6-2-4-7-5-3-6;2*3-1(4,7)2(5,6)8/h2*2-5H2,1H3;;. The molecular weight excluding hydrogens is 888 g/mol. The number of likely N-dealkylation sites (N-methyl/N-ethyl adjacent to an activating group) is 2. The average molecular weight is 910 g/mol. The number of morpholine rings is 2. The number of hydrogen-bond donors (Lipinski definition) is 0. The maximum Gasteiger partial charge on any atom is 0.367 e. The minimum absolute atomic E-state index is 0.393. The molecule has 0 spiro atoms. The zero-order chi connectivity index (χ0) is 24.2. The molecular formula is C14H22F8I4N2O2. The second-order valence-electron chi connectivity index (χ2n) is 5.82. The number of rotatable bonds is 2. The molecule has 0 atom stereocenters. The van der Waals surface area contributed by atoms with Crippen LogP contribution in [0.1, 0.15) is 0 Å². The first kappa shape index (κ1) is 34.4. The van der Waals surface area contributed by atoms with Crippen LogP contribution in [0.5, 0.6) is 0 Å². The van der Waals surface area contributed by atoms with Crippen LogP contribution >= 0.6 is 90.4 Å². The summed E-state index contributed by atoms with van der Waals surface area (Å²) in [5.74, 6) is 0. The van der Waals surface area contributed by atoms with E-state index >= 15 is 0 Å². The molecule has 16 heteroatoms. The minimum Gasteiger partial charge on any atom is -0.379 e. The predicted octanol–water partition coefficient (Wildman–Crippen LogP) is 5.98. The number of alkyl halides is 12. The molecule has 2 saturated heterocycles. The SMILES string of the molecule is CN1CCOCC1.CN1CCOCC1.FC(F)(I)C(F)(F)I.FC(F)(I)C(F)(F)I. The predicted molar refractivity (Wildman–Crippen MR) is 132 cm³/mol. The van der Waals surface area contributed by atoms with Gasteiger partial charge < -0.3 is 19.3 Å². The highest BCUT2D eigenvalue weighted by molar-refractivity contribution is 14.1. The fourth-order valence-electron chi connectivity index (χ4n) is 1.31. The molecule has 0 N–H and O–H groups in total. The maximum absolute atomic E-state index is 11.5. The van der Waals surface area contributed by atoms with Gasteiger partial charge in [0, 0.05) is 117 Å².